The van der Waals surface area contributed by atoms with Crippen molar-refractivity contribution in [1.29, 1.82) is 0 Å². The maximum Gasteiger partial charge on any atom is 0.216 e. The first-order valence-electron chi connectivity index (χ1n) is 20.5. The molecular formula is C51H61N3O2. The van der Waals surface area contributed by atoms with Crippen molar-refractivity contribution in [3.8, 4) is 22.6 Å². The molecule has 0 bridgehead atoms. The van der Waals surface area contributed by atoms with Crippen LogP contribution in [0, 0.1) is 52.4 Å². The van der Waals surface area contributed by atoms with E-state index in [1.807, 2.05) is 6.20 Å². The lowest BCUT2D eigenvalue weighted by molar-refractivity contribution is 0.198. The molecule has 0 saturated heterocycles. The highest BCUT2D eigenvalue weighted by molar-refractivity contribution is 5.97. The van der Waals surface area contributed by atoms with E-state index in [9.17, 15) is 0 Å². The fourth-order valence-electron chi connectivity index (χ4n) is 9.44. The zero-order valence-corrected chi connectivity index (χ0v) is 36.2. The van der Waals surface area contributed by atoms with E-state index in [1.165, 1.54) is 44.5 Å². The summed E-state index contributed by atoms with van der Waals surface area (Å²) in [5, 5.41) is 0. The highest BCUT2D eigenvalue weighted by Crippen LogP contribution is 2.54. The minimum Gasteiger partial charge on any atom is -0.475 e. The summed E-state index contributed by atoms with van der Waals surface area (Å²) in [6.07, 6.45) is 1.94. The molecule has 3 heterocycles. The third-order valence-corrected chi connectivity index (χ3v) is 12.1. The Morgan fingerprint density at radius 2 is 1.39 bits per heavy atom. The normalized spacial score (nSPS) is 16.3. The molecule has 0 radical (unpaired) electrons. The van der Waals surface area contributed by atoms with Crippen molar-refractivity contribution in [2.45, 2.75) is 114 Å². The van der Waals surface area contributed by atoms with E-state index in [4.69, 9.17) is 19.5 Å². The Hall–Kier alpha value is -4.90. The topological polar surface area (TPSA) is 47.0 Å². The Balaban J connectivity index is 1.39. The number of aliphatic imine (C=N–C) groups is 1. The molecule has 0 aliphatic carbocycles. The molecule has 0 amide bonds. The molecule has 5 nitrogen and oxygen atoms in total. The van der Waals surface area contributed by atoms with Gasteiger partial charge in [0.15, 0.2) is 0 Å². The molecule has 0 saturated carbocycles. The molecule has 0 spiro atoms. The van der Waals surface area contributed by atoms with Crippen LogP contribution in [0.3, 0.4) is 0 Å². The van der Waals surface area contributed by atoms with Crippen molar-refractivity contribution < 1.29 is 9.47 Å². The summed E-state index contributed by atoms with van der Waals surface area (Å²) < 4.78 is 13.5. The quantitative estimate of drug-likeness (QED) is 0.159. The zero-order chi connectivity index (χ0) is 40.4. The molecule has 1 aromatic heterocycles. The van der Waals surface area contributed by atoms with Gasteiger partial charge < -0.3 is 9.47 Å². The lowest BCUT2D eigenvalue weighted by Crippen LogP contribution is -2.31. The minimum atomic E-state index is -0.246. The summed E-state index contributed by atoms with van der Waals surface area (Å²) in [5.41, 5.74) is 15.0. The summed E-state index contributed by atoms with van der Waals surface area (Å²) >= 11 is 0. The average Bonchev–Trinajstić information content (AvgIpc) is 3.58. The maximum absolute atomic E-state index is 7.07. The van der Waals surface area contributed by atoms with Gasteiger partial charge in [-0.3, -0.25) is 4.90 Å². The van der Waals surface area contributed by atoms with Crippen LogP contribution in [0.2, 0.25) is 0 Å². The molecule has 0 fully saturated rings. The van der Waals surface area contributed by atoms with E-state index in [1.54, 1.807) is 0 Å². The number of rotatable bonds is 8. The van der Waals surface area contributed by atoms with Crippen LogP contribution >= 0.6 is 0 Å². The van der Waals surface area contributed by atoms with Gasteiger partial charge in [-0.15, -0.1) is 0 Å². The number of aromatic nitrogens is 1. The number of hydrogen-bond donors (Lipinski definition) is 0. The van der Waals surface area contributed by atoms with Crippen molar-refractivity contribution in [2.24, 2.45) is 22.7 Å². The van der Waals surface area contributed by atoms with E-state index in [0.29, 0.717) is 30.3 Å². The van der Waals surface area contributed by atoms with Gasteiger partial charge in [-0.2, -0.15) is 0 Å². The summed E-state index contributed by atoms with van der Waals surface area (Å²) in [5.74, 6) is 4.61. The molecule has 7 rings (SSSR count). The van der Waals surface area contributed by atoms with Crippen LogP contribution in [0.1, 0.15) is 112 Å². The summed E-state index contributed by atoms with van der Waals surface area (Å²) in [6.45, 7) is 32.1. The smallest absolute Gasteiger partial charge is 0.216 e. The van der Waals surface area contributed by atoms with E-state index < -0.39 is 0 Å². The maximum atomic E-state index is 7.07. The summed E-state index contributed by atoms with van der Waals surface area (Å²) in [4.78, 5) is 12.6. The molecule has 0 N–H and O–H groups in total. The average molecular weight is 748 g/mol. The van der Waals surface area contributed by atoms with Gasteiger partial charge in [-0.05, 0) is 145 Å². The van der Waals surface area contributed by atoms with Crippen molar-refractivity contribution in [3.63, 3.8) is 0 Å². The largest absolute Gasteiger partial charge is 0.475 e. The van der Waals surface area contributed by atoms with E-state index in [-0.39, 0.29) is 16.9 Å². The van der Waals surface area contributed by atoms with Gasteiger partial charge in [0.1, 0.15) is 23.9 Å². The van der Waals surface area contributed by atoms with Crippen molar-refractivity contribution in [2.75, 3.05) is 11.5 Å². The van der Waals surface area contributed by atoms with E-state index >= 15 is 0 Å². The molecule has 4 aromatic carbocycles. The Labute approximate surface area is 336 Å². The lowest BCUT2D eigenvalue weighted by atomic mass is 9.72. The van der Waals surface area contributed by atoms with Crippen LogP contribution < -0.4 is 9.64 Å². The predicted molar refractivity (Wildman–Crippen MR) is 235 cm³/mol. The van der Waals surface area contributed by atoms with Crippen LogP contribution in [0.4, 0.5) is 17.2 Å². The number of benzene rings is 4. The number of nitrogens with zero attached hydrogens (tertiary/aromatic N) is 3. The fraction of sp³-hybridized carbons (Fsp3) is 0.412. The van der Waals surface area contributed by atoms with Crippen molar-refractivity contribution >= 4 is 23.1 Å². The van der Waals surface area contributed by atoms with Crippen molar-refractivity contribution in [3.05, 3.63) is 129 Å². The monoisotopic (exact) mass is 747 g/mol. The van der Waals surface area contributed by atoms with Crippen LogP contribution in [-0.4, -0.2) is 23.5 Å². The highest BCUT2D eigenvalue weighted by atomic mass is 16.5. The molecule has 292 valence electrons. The van der Waals surface area contributed by atoms with Gasteiger partial charge in [0.25, 0.3) is 0 Å². The first kappa shape index (κ1) is 39.3. The van der Waals surface area contributed by atoms with Crippen LogP contribution in [0.15, 0.2) is 84.0 Å². The third kappa shape index (κ3) is 7.26. The Morgan fingerprint density at radius 3 is 2.05 bits per heavy atom. The second-order valence-corrected chi connectivity index (χ2v) is 18.8. The van der Waals surface area contributed by atoms with Gasteiger partial charge >= 0.3 is 0 Å². The molecule has 5 aromatic rings. The second kappa shape index (κ2) is 14.6. The minimum absolute atomic E-state index is 0.0258. The molecule has 2 aliphatic rings. The lowest BCUT2D eigenvalue weighted by Gasteiger charge is -2.42. The Kier molecular flexibility index (Phi) is 10.2. The van der Waals surface area contributed by atoms with Gasteiger partial charge in [-0.25, -0.2) is 9.98 Å². The Morgan fingerprint density at radius 1 is 0.732 bits per heavy atom. The standard InChI is InChI=1S/C51H61N3O2/c1-29(2)47(30(3)4)42-28-55-49(53-42)37-23-36(48-34(8)19-32(6)20-35(48)9)24-39(25-37)56-45-27-44-41(22-33(45)7)51(13,14)40-21-31(5)15-16-43(40)54(44)46-26-38(17-18-52-46)50(10,11)12/h15-27,29-30,42,47H,28H2,1-14H3/t42-/m0/s1. The zero-order valence-electron chi connectivity index (χ0n) is 36.2. The first-order valence-corrected chi connectivity index (χ1v) is 20.5. The molecule has 2 aliphatic heterocycles. The van der Waals surface area contributed by atoms with E-state index in [0.717, 1.165) is 45.4 Å². The number of aryl methyl sites for hydroxylation is 5. The summed E-state index contributed by atoms with van der Waals surface area (Å²) in [7, 11) is 0. The molecule has 0 unspecified atom stereocenters. The molecule has 56 heavy (non-hydrogen) atoms. The number of pyridine rings is 1. The van der Waals surface area contributed by atoms with Gasteiger partial charge in [0, 0.05) is 23.2 Å². The second-order valence-electron chi connectivity index (χ2n) is 18.8. The summed E-state index contributed by atoms with van der Waals surface area (Å²) in [6, 6.07) is 26.9. The number of hydrogen-bond acceptors (Lipinski definition) is 5. The predicted octanol–water partition coefficient (Wildman–Crippen LogP) is 13.6. The van der Waals surface area contributed by atoms with Gasteiger partial charge in [0.2, 0.25) is 5.90 Å². The fourth-order valence-corrected chi connectivity index (χ4v) is 9.44. The van der Waals surface area contributed by atoms with Gasteiger partial charge in [0.05, 0.1) is 17.4 Å². The first-order chi connectivity index (χ1) is 26.3. The SMILES string of the molecule is Cc1cc(C)c(-c2cc(Oc3cc4c(cc3C)C(C)(C)c3cc(C)ccc3N4c3cc(C(C)(C)C)ccn3)cc(C3=N[C@H](C(C(C)C)C(C)C)CO3)c2)c(C)c1. The van der Waals surface area contributed by atoms with Crippen LogP contribution in [0.5, 0.6) is 11.5 Å². The highest BCUT2D eigenvalue weighted by Gasteiger charge is 2.39. The third-order valence-electron chi connectivity index (χ3n) is 12.1. The number of fused-ring (bicyclic) bond motifs is 2. The number of ether oxygens (including phenoxy) is 2. The molecule has 1 atom stereocenters. The van der Waals surface area contributed by atoms with Gasteiger partial charge in [-0.1, -0.05) is 97.7 Å². The Bertz CT molecular complexity index is 2310. The number of anilines is 3. The van der Waals surface area contributed by atoms with Crippen molar-refractivity contribution in [1.82, 2.24) is 4.98 Å². The van der Waals surface area contributed by atoms with Crippen LogP contribution in [0.25, 0.3) is 11.1 Å². The van der Waals surface area contributed by atoms with Crippen LogP contribution in [-0.2, 0) is 15.6 Å². The van der Waals surface area contributed by atoms with E-state index in [2.05, 4.69) is 175 Å². The molecule has 5 heteroatoms. The molecular weight excluding hydrogens is 687 g/mol.